The molecule has 2 N–H and O–H groups in total. The summed E-state index contributed by atoms with van der Waals surface area (Å²) in [6.07, 6.45) is 6.25. The average Bonchev–Trinajstić information content (AvgIpc) is 3.02. The maximum atomic E-state index is 12.9. The molecule has 2 aromatic carbocycles. The first-order chi connectivity index (χ1) is 14.5. The summed E-state index contributed by atoms with van der Waals surface area (Å²) in [6, 6.07) is 14.9. The van der Waals surface area contributed by atoms with E-state index in [1.165, 1.54) is 19.2 Å². The minimum absolute atomic E-state index is 0.0127. The van der Waals surface area contributed by atoms with Gasteiger partial charge in [0.2, 0.25) is 5.96 Å². The topological polar surface area (TPSA) is 96.9 Å². The Morgan fingerprint density at radius 2 is 1.60 bits per heavy atom. The number of nitrogens with one attached hydrogen (secondary N) is 2. The van der Waals surface area contributed by atoms with E-state index >= 15 is 0 Å². The monoisotopic (exact) mass is 429 g/mol. The lowest BCUT2D eigenvalue weighted by Crippen LogP contribution is -2.37. The van der Waals surface area contributed by atoms with E-state index in [1.807, 2.05) is 0 Å². The van der Waals surface area contributed by atoms with Crippen LogP contribution in [0.4, 0.5) is 5.69 Å². The molecule has 0 unspecified atom stereocenters. The van der Waals surface area contributed by atoms with Gasteiger partial charge in [-0.1, -0.05) is 56.0 Å². The van der Waals surface area contributed by atoms with E-state index < -0.39 is 16.0 Å². The van der Waals surface area contributed by atoms with Crippen molar-refractivity contribution in [3.8, 4) is 0 Å². The van der Waals surface area contributed by atoms with Crippen LogP contribution in [-0.4, -0.2) is 33.5 Å². The molecule has 1 saturated carbocycles. The molecule has 8 heteroatoms. The van der Waals surface area contributed by atoms with Gasteiger partial charge in [0.1, 0.15) is 0 Å². The Balaban J connectivity index is 1.93. The van der Waals surface area contributed by atoms with Crippen LogP contribution in [0, 0.1) is 0 Å². The van der Waals surface area contributed by atoms with Crippen molar-refractivity contribution in [1.82, 2.24) is 4.72 Å². The summed E-state index contributed by atoms with van der Waals surface area (Å²) in [6.45, 7) is 0. The molecule has 0 radical (unpaired) electrons. The fourth-order valence-corrected chi connectivity index (χ4v) is 4.44. The van der Waals surface area contributed by atoms with Crippen molar-refractivity contribution in [1.29, 1.82) is 0 Å². The minimum Gasteiger partial charge on any atom is -0.465 e. The zero-order valence-corrected chi connectivity index (χ0v) is 17.8. The minimum atomic E-state index is -3.84. The standard InChI is InChI=1S/C22H27N3O4S/c1-29-21(26)19-15-9-10-16-20(19)24-22(23-17-11-5-2-3-6-12-17)25-30(27,28)18-13-7-4-8-14-18/h4,7-10,13-17H,2-3,5-6,11-12H2,1H3,(H2,23,24,25). The van der Waals surface area contributed by atoms with Gasteiger partial charge >= 0.3 is 5.97 Å². The highest BCUT2D eigenvalue weighted by molar-refractivity contribution is 7.90. The van der Waals surface area contributed by atoms with Crippen LogP contribution in [0.3, 0.4) is 0 Å². The number of ether oxygens (including phenoxy) is 1. The van der Waals surface area contributed by atoms with Crippen LogP contribution in [0.5, 0.6) is 0 Å². The second-order valence-corrected chi connectivity index (χ2v) is 8.89. The number of rotatable bonds is 5. The fraction of sp³-hybridized carbons (Fsp3) is 0.364. The van der Waals surface area contributed by atoms with Gasteiger partial charge < -0.3 is 10.1 Å². The smallest absolute Gasteiger partial charge is 0.339 e. The van der Waals surface area contributed by atoms with Crippen molar-refractivity contribution < 1.29 is 17.9 Å². The summed E-state index contributed by atoms with van der Waals surface area (Å²) in [7, 11) is -2.53. The molecule has 1 aliphatic carbocycles. The van der Waals surface area contributed by atoms with Gasteiger partial charge in [-0.2, -0.15) is 0 Å². The second-order valence-electron chi connectivity index (χ2n) is 7.20. The molecule has 0 aliphatic heterocycles. The molecule has 3 rings (SSSR count). The number of aliphatic imine (C=N–C) groups is 1. The van der Waals surface area contributed by atoms with Crippen molar-refractivity contribution in [2.45, 2.75) is 49.5 Å². The van der Waals surface area contributed by atoms with Gasteiger partial charge in [-0.25, -0.2) is 22.9 Å². The summed E-state index contributed by atoms with van der Waals surface area (Å²) >= 11 is 0. The number of carbonyl (C=O) groups excluding carboxylic acids is 1. The van der Waals surface area contributed by atoms with Gasteiger partial charge in [0.25, 0.3) is 10.0 Å². The highest BCUT2D eigenvalue weighted by Crippen LogP contribution is 2.21. The van der Waals surface area contributed by atoms with Crippen molar-refractivity contribution >= 4 is 27.6 Å². The summed E-state index contributed by atoms with van der Waals surface area (Å²) in [5.41, 5.74) is 0.722. The number of anilines is 1. The van der Waals surface area contributed by atoms with E-state index in [1.54, 1.807) is 42.5 Å². The molecule has 0 spiro atoms. The molecule has 0 amide bonds. The van der Waals surface area contributed by atoms with Gasteiger partial charge in [0, 0.05) is 0 Å². The molecular formula is C22H27N3O4S. The molecule has 1 aliphatic rings. The summed E-state index contributed by atoms with van der Waals surface area (Å²) in [5.74, 6) is -0.417. The molecular weight excluding hydrogens is 402 g/mol. The van der Waals surface area contributed by atoms with Crippen LogP contribution in [0.2, 0.25) is 0 Å². The third-order valence-electron chi connectivity index (χ3n) is 5.01. The first-order valence-electron chi connectivity index (χ1n) is 10.1. The van der Waals surface area contributed by atoms with Gasteiger partial charge in [-0.3, -0.25) is 0 Å². The van der Waals surface area contributed by atoms with Gasteiger partial charge in [-0.15, -0.1) is 0 Å². The van der Waals surface area contributed by atoms with E-state index in [-0.39, 0.29) is 16.9 Å². The van der Waals surface area contributed by atoms with Crippen LogP contribution < -0.4 is 10.0 Å². The summed E-state index contributed by atoms with van der Waals surface area (Å²) in [5, 5.41) is 3.02. The van der Waals surface area contributed by atoms with Crippen molar-refractivity contribution in [3.05, 3.63) is 60.2 Å². The van der Waals surface area contributed by atoms with E-state index in [4.69, 9.17) is 9.73 Å². The first kappa shape index (κ1) is 21.8. The largest absolute Gasteiger partial charge is 0.465 e. The molecule has 0 bridgehead atoms. The SMILES string of the molecule is COC(=O)c1ccccc1NC(=NC1CCCCCC1)NS(=O)(=O)c1ccccc1. The first-order valence-corrected chi connectivity index (χ1v) is 11.6. The van der Waals surface area contributed by atoms with Gasteiger partial charge in [0.15, 0.2) is 0 Å². The quantitative estimate of drug-likeness (QED) is 0.325. The van der Waals surface area contributed by atoms with Crippen LogP contribution in [0.1, 0.15) is 48.9 Å². The molecule has 2 aromatic rings. The number of sulfonamides is 1. The Hall–Kier alpha value is -2.87. The molecule has 7 nitrogen and oxygen atoms in total. The fourth-order valence-electron chi connectivity index (χ4n) is 3.45. The lowest BCUT2D eigenvalue weighted by Gasteiger charge is -2.18. The number of carbonyl (C=O) groups is 1. The molecule has 0 heterocycles. The molecule has 160 valence electrons. The Morgan fingerprint density at radius 3 is 2.27 bits per heavy atom. The predicted octanol–water partition coefficient (Wildman–Crippen LogP) is 3.94. The highest BCUT2D eigenvalue weighted by Gasteiger charge is 2.20. The molecule has 0 saturated heterocycles. The van der Waals surface area contributed by atoms with E-state index in [0.717, 1.165) is 38.5 Å². The number of hydrogen-bond acceptors (Lipinski definition) is 5. The van der Waals surface area contributed by atoms with Crippen LogP contribution >= 0.6 is 0 Å². The zero-order chi connectivity index (χ0) is 21.4. The Kier molecular flexibility index (Phi) is 7.46. The number of para-hydroxylation sites is 1. The molecule has 0 atom stereocenters. The molecule has 1 fully saturated rings. The number of nitrogens with zero attached hydrogens (tertiary/aromatic N) is 1. The Labute approximate surface area is 177 Å². The van der Waals surface area contributed by atoms with Crippen LogP contribution in [-0.2, 0) is 14.8 Å². The number of hydrogen-bond donors (Lipinski definition) is 2. The van der Waals surface area contributed by atoms with E-state index in [0.29, 0.717) is 11.3 Å². The third kappa shape index (κ3) is 5.82. The predicted molar refractivity (Wildman–Crippen MR) is 117 cm³/mol. The zero-order valence-electron chi connectivity index (χ0n) is 17.0. The van der Waals surface area contributed by atoms with Gasteiger partial charge in [0.05, 0.1) is 29.3 Å². The number of benzene rings is 2. The average molecular weight is 430 g/mol. The van der Waals surface area contributed by atoms with E-state index in [9.17, 15) is 13.2 Å². The molecule has 0 aromatic heterocycles. The Morgan fingerprint density at radius 1 is 0.967 bits per heavy atom. The van der Waals surface area contributed by atoms with Crippen LogP contribution in [0.15, 0.2) is 64.5 Å². The number of guanidine groups is 1. The van der Waals surface area contributed by atoms with Crippen LogP contribution in [0.25, 0.3) is 0 Å². The Bertz CT molecular complexity index is 982. The van der Waals surface area contributed by atoms with Crippen molar-refractivity contribution in [3.63, 3.8) is 0 Å². The normalized spacial score (nSPS) is 15.8. The lowest BCUT2D eigenvalue weighted by atomic mass is 10.1. The van der Waals surface area contributed by atoms with E-state index in [2.05, 4.69) is 10.0 Å². The number of methoxy groups -OCH3 is 1. The number of esters is 1. The van der Waals surface area contributed by atoms with Crippen molar-refractivity contribution in [2.24, 2.45) is 4.99 Å². The van der Waals surface area contributed by atoms with Gasteiger partial charge in [-0.05, 0) is 37.1 Å². The summed E-state index contributed by atoms with van der Waals surface area (Å²) < 4.78 is 33.2. The highest BCUT2D eigenvalue weighted by atomic mass is 32.2. The molecule has 30 heavy (non-hydrogen) atoms. The maximum Gasteiger partial charge on any atom is 0.339 e. The van der Waals surface area contributed by atoms with Crippen molar-refractivity contribution in [2.75, 3.05) is 12.4 Å². The third-order valence-corrected chi connectivity index (χ3v) is 6.36. The lowest BCUT2D eigenvalue weighted by molar-refractivity contribution is 0.0602. The summed E-state index contributed by atoms with van der Waals surface area (Å²) in [4.78, 5) is 16.9. The second kappa shape index (κ2) is 10.2. The maximum absolute atomic E-state index is 12.9.